The number of carboxylic acid groups (broad SMARTS) is 1. The second kappa shape index (κ2) is 7.05. The van der Waals surface area contributed by atoms with E-state index in [4.69, 9.17) is 5.11 Å². The van der Waals surface area contributed by atoms with Gasteiger partial charge in [-0.3, -0.25) is 4.90 Å². The van der Waals surface area contributed by atoms with Crippen LogP contribution in [0.25, 0.3) is 5.69 Å². The highest BCUT2D eigenvalue weighted by Gasteiger charge is 2.28. The Morgan fingerprint density at radius 3 is 2.65 bits per heavy atom. The van der Waals surface area contributed by atoms with Gasteiger partial charge in [0, 0.05) is 25.1 Å². The van der Waals surface area contributed by atoms with Crippen LogP contribution in [0.2, 0.25) is 0 Å². The Morgan fingerprint density at radius 2 is 1.92 bits per heavy atom. The summed E-state index contributed by atoms with van der Waals surface area (Å²) >= 11 is 0. The van der Waals surface area contributed by atoms with Gasteiger partial charge in [0.05, 0.1) is 23.0 Å². The topological polar surface area (TPSA) is 84.1 Å². The second-order valence-corrected chi connectivity index (χ2v) is 6.35. The molecule has 1 saturated heterocycles. The van der Waals surface area contributed by atoms with Crippen LogP contribution < -0.4 is 0 Å². The maximum absolute atomic E-state index is 11.0. The van der Waals surface area contributed by atoms with Crippen molar-refractivity contribution < 1.29 is 9.90 Å². The largest absolute Gasteiger partial charge is 0.478 e. The van der Waals surface area contributed by atoms with E-state index in [9.17, 15) is 4.79 Å². The third-order valence-electron chi connectivity index (χ3n) is 4.61. The number of aromatic carboxylic acids is 1. The number of carboxylic acids is 1. The minimum Gasteiger partial charge on any atom is -0.478 e. The summed E-state index contributed by atoms with van der Waals surface area (Å²) in [4.78, 5) is 21.8. The maximum Gasteiger partial charge on any atom is 0.338 e. The highest BCUT2D eigenvalue weighted by molar-refractivity contribution is 5.86. The zero-order valence-electron chi connectivity index (χ0n) is 14.2. The van der Waals surface area contributed by atoms with Gasteiger partial charge in [-0.1, -0.05) is 18.2 Å². The van der Waals surface area contributed by atoms with Crippen molar-refractivity contribution in [2.24, 2.45) is 0 Å². The van der Waals surface area contributed by atoms with Crippen LogP contribution in [-0.2, 0) is 6.54 Å². The SMILES string of the molecule is O=C(O)c1cnc(C2CCCN2Cc2ccn(-c3ccccc3)n2)nc1. The van der Waals surface area contributed by atoms with Crippen LogP contribution in [0.5, 0.6) is 0 Å². The Balaban J connectivity index is 1.49. The molecule has 1 N–H and O–H groups in total. The minimum absolute atomic E-state index is 0.0970. The molecule has 0 aliphatic carbocycles. The summed E-state index contributed by atoms with van der Waals surface area (Å²) in [5.74, 6) is -0.332. The monoisotopic (exact) mass is 349 g/mol. The fourth-order valence-electron chi connectivity index (χ4n) is 3.31. The summed E-state index contributed by atoms with van der Waals surface area (Å²) in [7, 11) is 0. The molecule has 1 aromatic carbocycles. The first kappa shape index (κ1) is 16.4. The summed E-state index contributed by atoms with van der Waals surface area (Å²) in [5, 5.41) is 13.6. The van der Waals surface area contributed by atoms with E-state index < -0.39 is 5.97 Å². The van der Waals surface area contributed by atoms with E-state index in [2.05, 4.69) is 20.0 Å². The van der Waals surface area contributed by atoms with E-state index in [-0.39, 0.29) is 11.6 Å². The molecule has 3 aromatic rings. The molecule has 2 aromatic heterocycles. The predicted molar refractivity (Wildman–Crippen MR) is 94.9 cm³/mol. The molecule has 4 rings (SSSR count). The van der Waals surface area contributed by atoms with Crippen molar-refractivity contribution in [3.8, 4) is 5.69 Å². The van der Waals surface area contributed by atoms with E-state index in [1.165, 1.54) is 12.4 Å². The number of nitrogens with zero attached hydrogens (tertiary/aromatic N) is 5. The Hall–Kier alpha value is -3.06. The first-order chi connectivity index (χ1) is 12.7. The van der Waals surface area contributed by atoms with Crippen molar-refractivity contribution in [2.75, 3.05) is 6.54 Å². The molecule has 0 spiro atoms. The maximum atomic E-state index is 11.0. The van der Waals surface area contributed by atoms with Crippen LogP contribution in [0.15, 0.2) is 55.0 Å². The van der Waals surface area contributed by atoms with Gasteiger partial charge in [-0.05, 0) is 37.6 Å². The molecule has 1 fully saturated rings. The number of hydrogen-bond acceptors (Lipinski definition) is 5. The van der Waals surface area contributed by atoms with Crippen molar-refractivity contribution in [1.29, 1.82) is 0 Å². The summed E-state index contributed by atoms with van der Waals surface area (Å²) < 4.78 is 1.87. The minimum atomic E-state index is -1.01. The van der Waals surface area contributed by atoms with Crippen LogP contribution >= 0.6 is 0 Å². The van der Waals surface area contributed by atoms with Gasteiger partial charge in [0.2, 0.25) is 0 Å². The Morgan fingerprint density at radius 1 is 1.15 bits per heavy atom. The third-order valence-corrected chi connectivity index (χ3v) is 4.61. The highest BCUT2D eigenvalue weighted by atomic mass is 16.4. The highest BCUT2D eigenvalue weighted by Crippen LogP contribution is 2.30. The lowest BCUT2D eigenvalue weighted by Gasteiger charge is -2.22. The zero-order valence-corrected chi connectivity index (χ0v) is 14.2. The van der Waals surface area contributed by atoms with Crippen LogP contribution in [0.4, 0.5) is 0 Å². The van der Waals surface area contributed by atoms with E-state index >= 15 is 0 Å². The first-order valence-corrected chi connectivity index (χ1v) is 8.60. The van der Waals surface area contributed by atoms with E-state index in [1.807, 2.05) is 47.3 Å². The number of benzene rings is 1. The molecule has 1 atom stereocenters. The molecular formula is C19H19N5O2. The molecule has 7 nitrogen and oxygen atoms in total. The summed E-state index contributed by atoms with van der Waals surface area (Å²) in [6.07, 6.45) is 6.75. The fraction of sp³-hybridized carbons (Fsp3) is 0.263. The quantitative estimate of drug-likeness (QED) is 0.762. The molecule has 132 valence electrons. The van der Waals surface area contributed by atoms with E-state index in [1.54, 1.807) is 0 Å². The van der Waals surface area contributed by atoms with Gasteiger partial charge in [0.1, 0.15) is 5.82 Å². The second-order valence-electron chi connectivity index (χ2n) is 6.35. The van der Waals surface area contributed by atoms with E-state index in [0.717, 1.165) is 30.8 Å². The lowest BCUT2D eigenvalue weighted by atomic mass is 10.2. The molecule has 7 heteroatoms. The first-order valence-electron chi connectivity index (χ1n) is 8.60. The van der Waals surface area contributed by atoms with Crippen molar-refractivity contribution in [1.82, 2.24) is 24.6 Å². The number of rotatable bonds is 5. The standard InChI is InChI=1S/C19H19N5O2/c25-19(26)14-11-20-18(21-12-14)17-7-4-9-23(17)13-15-8-10-24(22-15)16-5-2-1-3-6-16/h1-3,5-6,8,10-12,17H,4,7,9,13H2,(H,25,26). The van der Waals surface area contributed by atoms with E-state index in [0.29, 0.717) is 12.4 Å². The third kappa shape index (κ3) is 3.34. The fourth-order valence-corrected chi connectivity index (χ4v) is 3.31. The predicted octanol–water partition coefficient (Wildman–Crippen LogP) is 2.70. The van der Waals surface area contributed by atoms with Crippen LogP contribution in [0.3, 0.4) is 0 Å². The van der Waals surface area contributed by atoms with Gasteiger partial charge in [0.15, 0.2) is 0 Å². The number of likely N-dealkylation sites (tertiary alicyclic amines) is 1. The molecule has 1 aliphatic rings. The molecule has 1 aliphatic heterocycles. The van der Waals surface area contributed by atoms with Crippen molar-refractivity contribution in [3.63, 3.8) is 0 Å². The lowest BCUT2D eigenvalue weighted by Crippen LogP contribution is -2.24. The smallest absolute Gasteiger partial charge is 0.338 e. The Kier molecular flexibility index (Phi) is 4.45. The lowest BCUT2D eigenvalue weighted by molar-refractivity contribution is 0.0695. The molecule has 26 heavy (non-hydrogen) atoms. The Labute approximate surface area is 150 Å². The molecule has 0 radical (unpaired) electrons. The van der Waals surface area contributed by atoms with Crippen molar-refractivity contribution in [3.05, 3.63) is 72.1 Å². The molecule has 0 bridgehead atoms. The van der Waals surface area contributed by atoms with Crippen molar-refractivity contribution >= 4 is 5.97 Å². The van der Waals surface area contributed by atoms with Crippen molar-refractivity contribution in [2.45, 2.75) is 25.4 Å². The van der Waals surface area contributed by atoms with Gasteiger partial charge in [-0.2, -0.15) is 5.10 Å². The average Bonchev–Trinajstić information content (AvgIpc) is 3.33. The van der Waals surface area contributed by atoms with Gasteiger partial charge >= 0.3 is 5.97 Å². The van der Waals surface area contributed by atoms with Gasteiger partial charge in [-0.25, -0.2) is 19.4 Å². The average molecular weight is 349 g/mol. The molecule has 0 saturated carbocycles. The van der Waals surface area contributed by atoms with Gasteiger partial charge < -0.3 is 5.11 Å². The summed E-state index contributed by atoms with van der Waals surface area (Å²) in [6.45, 7) is 1.67. The Bertz CT molecular complexity index is 892. The normalized spacial score (nSPS) is 17.5. The van der Waals surface area contributed by atoms with Crippen LogP contribution in [0.1, 0.15) is 40.8 Å². The summed E-state index contributed by atoms with van der Waals surface area (Å²) in [6, 6.07) is 12.1. The number of hydrogen-bond donors (Lipinski definition) is 1. The molecular weight excluding hydrogens is 330 g/mol. The zero-order chi connectivity index (χ0) is 17.9. The van der Waals surface area contributed by atoms with Gasteiger partial charge in [0.25, 0.3) is 0 Å². The summed E-state index contributed by atoms with van der Waals surface area (Å²) in [5.41, 5.74) is 2.13. The van der Waals surface area contributed by atoms with Crippen LogP contribution in [-0.4, -0.2) is 42.3 Å². The number of para-hydroxylation sites is 1. The van der Waals surface area contributed by atoms with Crippen LogP contribution in [0, 0.1) is 0 Å². The molecule has 1 unspecified atom stereocenters. The number of carbonyl (C=O) groups is 1. The molecule has 3 heterocycles. The number of aromatic nitrogens is 4. The molecule has 0 amide bonds. The van der Waals surface area contributed by atoms with Gasteiger partial charge in [-0.15, -0.1) is 0 Å².